The molecule has 0 amide bonds. The van der Waals surface area contributed by atoms with Gasteiger partial charge in [0.05, 0.1) is 5.56 Å². The molecule has 0 saturated heterocycles. The molecule has 3 N–H and O–H groups in total. The molecule has 0 spiro atoms. The number of hydrogen-bond donors (Lipinski definition) is 2. The number of ether oxygens (including phenoxy) is 1. The number of para-hydroxylation sites is 1. The molecule has 92 valence electrons. The van der Waals surface area contributed by atoms with Crippen LogP contribution < -0.4 is 10.5 Å². The number of rotatable bonds is 4. The Morgan fingerprint density at radius 1 is 1.28 bits per heavy atom. The van der Waals surface area contributed by atoms with Gasteiger partial charge in [-0.05, 0) is 30.5 Å². The molecule has 1 aromatic carbocycles. The lowest BCUT2D eigenvalue weighted by atomic mass is 10.2. The van der Waals surface area contributed by atoms with Gasteiger partial charge in [0.2, 0.25) is 5.88 Å². The Morgan fingerprint density at radius 3 is 2.78 bits per heavy atom. The predicted octanol–water partition coefficient (Wildman–Crippen LogP) is 2.88. The van der Waals surface area contributed by atoms with Crippen LogP contribution in [-0.4, -0.2) is 17.1 Å². The van der Waals surface area contributed by atoms with Crippen LogP contribution >= 0.6 is 11.8 Å². The largest absolute Gasteiger partial charge is 0.437 e. The normalized spacial score (nSPS) is 10.1. The molecule has 0 aliphatic rings. The Labute approximate surface area is 110 Å². The minimum Gasteiger partial charge on any atom is -0.437 e. The average Bonchev–Trinajstić information content (AvgIpc) is 2.40. The van der Waals surface area contributed by atoms with E-state index in [-0.39, 0.29) is 5.84 Å². The van der Waals surface area contributed by atoms with Crippen LogP contribution in [0.1, 0.15) is 5.56 Å². The summed E-state index contributed by atoms with van der Waals surface area (Å²) < 4.78 is 5.74. The van der Waals surface area contributed by atoms with Crippen molar-refractivity contribution in [3.05, 3.63) is 48.2 Å². The summed E-state index contributed by atoms with van der Waals surface area (Å²) in [5.41, 5.74) is 5.99. The molecule has 0 bridgehead atoms. The smallest absolute Gasteiger partial charge is 0.230 e. The highest BCUT2D eigenvalue weighted by atomic mass is 32.2. The van der Waals surface area contributed by atoms with Crippen molar-refractivity contribution in [2.75, 3.05) is 6.26 Å². The van der Waals surface area contributed by atoms with E-state index in [1.807, 2.05) is 30.5 Å². The van der Waals surface area contributed by atoms with Gasteiger partial charge < -0.3 is 10.5 Å². The molecule has 0 atom stereocenters. The van der Waals surface area contributed by atoms with E-state index in [1.54, 1.807) is 30.1 Å². The maximum absolute atomic E-state index is 7.49. The first-order chi connectivity index (χ1) is 8.72. The number of nitrogens with zero attached hydrogens (tertiary/aromatic N) is 1. The first kappa shape index (κ1) is 12.4. The van der Waals surface area contributed by atoms with Crippen molar-refractivity contribution < 1.29 is 4.74 Å². The van der Waals surface area contributed by atoms with Crippen LogP contribution in [0.4, 0.5) is 0 Å². The predicted molar refractivity (Wildman–Crippen MR) is 73.6 cm³/mol. The zero-order chi connectivity index (χ0) is 13.0. The van der Waals surface area contributed by atoms with E-state index in [9.17, 15) is 0 Å². The molecule has 0 saturated carbocycles. The van der Waals surface area contributed by atoms with Crippen molar-refractivity contribution >= 4 is 17.6 Å². The molecular formula is C13H13N3OS. The van der Waals surface area contributed by atoms with Crippen LogP contribution in [0.2, 0.25) is 0 Å². The molecule has 1 heterocycles. The van der Waals surface area contributed by atoms with Gasteiger partial charge in [-0.1, -0.05) is 12.1 Å². The molecule has 4 nitrogen and oxygen atoms in total. The number of pyridine rings is 1. The van der Waals surface area contributed by atoms with Crippen molar-refractivity contribution in [3.8, 4) is 11.6 Å². The van der Waals surface area contributed by atoms with Gasteiger partial charge in [0.1, 0.15) is 11.6 Å². The first-order valence-corrected chi connectivity index (χ1v) is 6.55. The van der Waals surface area contributed by atoms with Crippen LogP contribution in [0.5, 0.6) is 11.6 Å². The zero-order valence-corrected chi connectivity index (χ0v) is 10.7. The van der Waals surface area contributed by atoms with Crippen LogP contribution in [-0.2, 0) is 0 Å². The van der Waals surface area contributed by atoms with Crippen LogP contribution in [0.3, 0.4) is 0 Å². The number of nitrogens with two attached hydrogens (primary N) is 1. The molecule has 2 rings (SSSR count). The molecular weight excluding hydrogens is 246 g/mol. The molecule has 0 aliphatic carbocycles. The fourth-order valence-corrected chi connectivity index (χ4v) is 2.01. The van der Waals surface area contributed by atoms with Crippen LogP contribution in [0.25, 0.3) is 0 Å². The quantitative estimate of drug-likeness (QED) is 0.503. The highest BCUT2D eigenvalue weighted by Gasteiger charge is 2.10. The van der Waals surface area contributed by atoms with Crippen LogP contribution in [0.15, 0.2) is 47.5 Å². The van der Waals surface area contributed by atoms with Crippen molar-refractivity contribution in [1.29, 1.82) is 5.41 Å². The Kier molecular flexibility index (Phi) is 3.84. The Balaban J connectivity index is 2.37. The number of aromatic nitrogens is 1. The second-order valence-electron chi connectivity index (χ2n) is 3.52. The third-order valence-electron chi connectivity index (χ3n) is 2.34. The van der Waals surface area contributed by atoms with Gasteiger partial charge in [-0.3, -0.25) is 5.41 Å². The molecule has 18 heavy (non-hydrogen) atoms. The Bertz CT molecular complexity index is 572. The van der Waals surface area contributed by atoms with Gasteiger partial charge in [0.25, 0.3) is 0 Å². The first-order valence-electron chi connectivity index (χ1n) is 5.32. The number of hydrogen-bond acceptors (Lipinski definition) is 4. The second kappa shape index (κ2) is 5.55. The summed E-state index contributed by atoms with van der Waals surface area (Å²) in [5, 5.41) is 7.49. The third-order valence-corrected chi connectivity index (χ3v) is 3.11. The SMILES string of the molecule is CSc1ccccc1Oc1ncccc1C(=N)N. The van der Waals surface area contributed by atoms with Crippen molar-refractivity contribution in [3.63, 3.8) is 0 Å². The third kappa shape index (κ3) is 2.62. The van der Waals surface area contributed by atoms with Gasteiger partial charge >= 0.3 is 0 Å². The highest BCUT2D eigenvalue weighted by Crippen LogP contribution is 2.31. The van der Waals surface area contributed by atoms with E-state index in [0.717, 1.165) is 4.90 Å². The van der Waals surface area contributed by atoms with Crippen molar-refractivity contribution in [1.82, 2.24) is 4.98 Å². The molecule has 0 aliphatic heterocycles. The van der Waals surface area contributed by atoms with Crippen molar-refractivity contribution in [2.45, 2.75) is 4.90 Å². The van der Waals surface area contributed by atoms with Gasteiger partial charge in [0, 0.05) is 11.1 Å². The van der Waals surface area contributed by atoms with E-state index >= 15 is 0 Å². The zero-order valence-electron chi connectivity index (χ0n) is 9.88. The van der Waals surface area contributed by atoms with E-state index in [1.165, 1.54) is 0 Å². The number of thioether (sulfide) groups is 1. The fraction of sp³-hybridized carbons (Fsp3) is 0.0769. The van der Waals surface area contributed by atoms with Gasteiger partial charge in [-0.15, -0.1) is 11.8 Å². The van der Waals surface area contributed by atoms with Gasteiger partial charge in [-0.25, -0.2) is 4.98 Å². The second-order valence-corrected chi connectivity index (χ2v) is 4.37. The maximum Gasteiger partial charge on any atom is 0.230 e. The molecule has 0 unspecified atom stereocenters. The Morgan fingerprint density at radius 2 is 2.06 bits per heavy atom. The topological polar surface area (TPSA) is 72.0 Å². The summed E-state index contributed by atoms with van der Waals surface area (Å²) in [6.07, 6.45) is 3.59. The number of benzene rings is 1. The molecule has 0 fully saturated rings. The van der Waals surface area contributed by atoms with Crippen LogP contribution in [0, 0.1) is 5.41 Å². The van der Waals surface area contributed by atoms with E-state index in [4.69, 9.17) is 15.9 Å². The summed E-state index contributed by atoms with van der Waals surface area (Å²) in [7, 11) is 0. The van der Waals surface area contributed by atoms with E-state index in [0.29, 0.717) is 17.2 Å². The lowest BCUT2D eigenvalue weighted by molar-refractivity contribution is 0.451. The summed E-state index contributed by atoms with van der Waals surface area (Å²) in [6.45, 7) is 0. The minimum atomic E-state index is -0.0558. The lowest BCUT2D eigenvalue weighted by Gasteiger charge is -2.11. The summed E-state index contributed by atoms with van der Waals surface area (Å²) in [6, 6.07) is 11.1. The highest BCUT2D eigenvalue weighted by molar-refractivity contribution is 7.98. The van der Waals surface area contributed by atoms with Gasteiger partial charge in [0.15, 0.2) is 0 Å². The maximum atomic E-state index is 7.49. The van der Waals surface area contributed by atoms with Crippen molar-refractivity contribution in [2.24, 2.45) is 5.73 Å². The Hall–Kier alpha value is -2.01. The van der Waals surface area contributed by atoms with E-state index in [2.05, 4.69) is 4.98 Å². The number of nitrogen functional groups attached to an aromatic ring is 1. The number of nitrogens with one attached hydrogen (secondary N) is 1. The standard InChI is InChI=1S/C13H13N3OS/c1-18-11-7-3-2-6-10(11)17-13-9(12(14)15)5-4-8-16-13/h2-8H,1H3,(H3,14,15). The fourth-order valence-electron chi connectivity index (χ4n) is 1.48. The monoisotopic (exact) mass is 259 g/mol. The molecule has 2 aromatic rings. The van der Waals surface area contributed by atoms with Gasteiger partial charge in [-0.2, -0.15) is 0 Å². The summed E-state index contributed by atoms with van der Waals surface area (Å²) >= 11 is 1.59. The summed E-state index contributed by atoms with van der Waals surface area (Å²) in [4.78, 5) is 5.13. The van der Waals surface area contributed by atoms with E-state index < -0.39 is 0 Å². The minimum absolute atomic E-state index is 0.0558. The average molecular weight is 259 g/mol. The molecule has 1 aromatic heterocycles. The molecule has 5 heteroatoms. The lowest BCUT2D eigenvalue weighted by Crippen LogP contribution is -2.12. The number of amidine groups is 1. The summed E-state index contributed by atoms with van der Waals surface area (Å²) in [5.74, 6) is 1.01. The molecule has 0 radical (unpaired) electrons.